The van der Waals surface area contributed by atoms with Crippen LogP contribution < -0.4 is 5.32 Å². The van der Waals surface area contributed by atoms with Crippen LogP contribution in [0.2, 0.25) is 0 Å². The minimum atomic E-state index is -0.261. The van der Waals surface area contributed by atoms with Gasteiger partial charge >= 0.3 is 0 Å². The molecule has 1 N–H and O–H groups in total. The Bertz CT molecular complexity index is 442. The molecule has 0 saturated heterocycles. The smallest absolute Gasteiger partial charge is 0.251 e. The second kappa shape index (κ2) is 5.46. The van der Waals surface area contributed by atoms with Gasteiger partial charge in [-0.3, -0.25) is 4.79 Å². The van der Waals surface area contributed by atoms with Crippen molar-refractivity contribution in [2.24, 2.45) is 0 Å². The lowest BCUT2D eigenvalue weighted by molar-refractivity contribution is -0.116. The van der Waals surface area contributed by atoms with Crippen LogP contribution in [0.15, 0.2) is 42.7 Å². The van der Waals surface area contributed by atoms with Gasteiger partial charge in [-0.25, -0.2) is 4.39 Å². The van der Waals surface area contributed by atoms with E-state index in [0.717, 1.165) is 5.56 Å². The number of halogens is 1. The van der Waals surface area contributed by atoms with Crippen molar-refractivity contribution in [3.8, 4) is 0 Å². The van der Waals surface area contributed by atoms with Gasteiger partial charge in [0, 0.05) is 18.0 Å². The van der Waals surface area contributed by atoms with Gasteiger partial charge in [0.25, 0.3) is 5.91 Å². The number of carbonyl (C=O) groups excluding carboxylic acids is 1. The molecule has 3 heteroatoms. The van der Waals surface area contributed by atoms with E-state index in [2.05, 4.69) is 17.6 Å². The molecule has 1 amide bonds. The molecule has 0 unspecified atom stereocenters. The molecule has 2 nitrogen and oxygen atoms in total. The Labute approximate surface area is 101 Å². The van der Waals surface area contributed by atoms with Crippen LogP contribution in [-0.2, 0) is 10.2 Å². The topological polar surface area (TPSA) is 29.1 Å². The quantitative estimate of drug-likeness (QED) is 0.628. The molecule has 17 heavy (non-hydrogen) atoms. The van der Waals surface area contributed by atoms with Gasteiger partial charge in [0.15, 0.2) is 0 Å². The van der Waals surface area contributed by atoms with Crippen molar-refractivity contribution in [3.63, 3.8) is 0 Å². The van der Waals surface area contributed by atoms with Gasteiger partial charge < -0.3 is 5.32 Å². The Morgan fingerprint density at radius 1 is 1.47 bits per heavy atom. The Balaban J connectivity index is 2.71. The zero-order chi connectivity index (χ0) is 12.9. The molecule has 90 valence electrons. The van der Waals surface area contributed by atoms with Crippen molar-refractivity contribution >= 4 is 5.91 Å². The molecule has 0 aromatic heterocycles. The van der Waals surface area contributed by atoms with Crippen molar-refractivity contribution in [3.05, 3.63) is 54.0 Å². The normalized spacial score (nSPS) is 10.5. The fourth-order valence-corrected chi connectivity index (χ4v) is 1.45. The van der Waals surface area contributed by atoms with Crippen molar-refractivity contribution in [1.29, 1.82) is 0 Å². The highest BCUT2D eigenvalue weighted by Crippen LogP contribution is 2.22. The molecule has 0 saturated carbocycles. The van der Waals surface area contributed by atoms with Crippen LogP contribution in [0.1, 0.15) is 19.4 Å². The summed E-state index contributed by atoms with van der Waals surface area (Å²) in [6, 6.07) is 6.29. The van der Waals surface area contributed by atoms with E-state index in [0.29, 0.717) is 6.54 Å². The number of amides is 1. The first-order valence-electron chi connectivity index (χ1n) is 5.35. The van der Waals surface area contributed by atoms with Gasteiger partial charge in [-0.2, -0.15) is 0 Å². The first-order chi connectivity index (χ1) is 7.95. The van der Waals surface area contributed by atoms with Gasteiger partial charge in [0.1, 0.15) is 5.82 Å². The summed E-state index contributed by atoms with van der Waals surface area (Å²) in [7, 11) is 0. The maximum Gasteiger partial charge on any atom is 0.251 e. The maximum absolute atomic E-state index is 12.8. The average Bonchev–Trinajstić information content (AvgIpc) is 2.28. The minimum Gasteiger partial charge on any atom is -0.351 e. The minimum absolute atomic E-state index is 0.227. The Morgan fingerprint density at radius 3 is 2.59 bits per heavy atom. The van der Waals surface area contributed by atoms with Gasteiger partial charge in [-0.1, -0.05) is 32.6 Å². The monoisotopic (exact) mass is 233 g/mol. The van der Waals surface area contributed by atoms with Gasteiger partial charge in [-0.15, -0.1) is 5.73 Å². The molecule has 0 bridgehead atoms. The van der Waals surface area contributed by atoms with E-state index in [1.165, 1.54) is 18.2 Å². The van der Waals surface area contributed by atoms with Crippen LogP contribution in [0, 0.1) is 5.82 Å². The summed E-state index contributed by atoms with van der Waals surface area (Å²) >= 11 is 0. The number of rotatable bonds is 4. The number of carbonyl (C=O) groups is 1. The molecule has 0 heterocycles. The molecule has 0 aliphatic rings. The SMILES string of the molecule is C=C=CC(=O)NCC(C)(C)c1ccc(F)cc1. The van der Waals surface area contributed by atoms with Crippen LogP contribution in [-0.4, -0.2) is 12.5 Å². The van der Waals surface area contributed by atoms with E-state index in [9.17, 15) is 9.18 Å². The second-order valence-corrected chi connectivity index (χ2v) is 4.46. The van der Waals surface area contributed by atoms with Crippen LogP contribution in [0.4, 0.5) is 4.39 Å². The van der Waals surface area contributed by atoms with E-state index in [-0.39, 0.29) is 17.1 Å². The standard InChI is InChI=1S/C14H16FNO/c1-4-5-13(17)16-10-14(2,3)11-6-8-12(15)9-7-11/h5-9H,1,10H2,2-3H3,(H,16,17). The van der Waals surface area contributed by atoms with Crippen molar-refractivity contribution < 1.29 is 9.18 Å². The first kappa shape index (κ1) is 13.2. The highest BCUT2D eigenvalue weighted by atomic mass is 19.1. The highest BCUT2D eigenvalue weighted by Gasteiger charge is 2.20. The maximum atomic E-state index is 12.8. The van der Waals surface area contributed by atoms with E-state index < -0.39 is 0 Å². The summed E-state index contributed by atoms with van der Waals surface area (Å²) in [4.78, 5) is 11.2. The molecule has 0 atom stereocenters. The Morgan fingerprint density at radius 2 is 2.06 bits per heavy atom. The average molecular weight is 233 g/mol. The van der Waals surface area contributed by atoms with Crippen molar-refractivity contribution in [2.75, 3.05) is 6.54 Å². The number of hydrogen-bond donors (Lipinski definition) is 1. The lowest BCUT2D eigenvalue weighted by atomic mass is 9.84. The molecule has 0 spiro atoms. The third kappa shape index (κ3) is 3.89. The summed E-state index contributed by atoms with van der Waals surface area (Å²) < 4.78 is 12.8. The van der Waals surface area contributed by atoms with Crippen LogP contribution in [0.3, 0.4) is 0 Å². The molecule has 1 aromatic carbocycles. The number of nitrogens with one attached hydrogen (secondary N) is 1. The zero-order valence-electron chi connectivity index (χ0n) is 10.1. The van der Waals surface area contributed by atoms with Gasteiger partial charge in [-0.05, 0) is 17.7 Å². The Kier molecular flexibility index (Phi) is 4.24. The molecule has 0 radical (unpaired) electrons. The lowest BCUT2D eigenvalue weighted by Crippen LogP contribution is -2.35. The summed E-state index contributed by atoms with van der Waals surface area (Å²) in [6.07, 6.45) is 1.25. The molecule has 0 aliphatic carbocycles. The second-order valence-electron chi connectivity index (χ2n) is 4.46. The molecular weight excluding hydrogens is 217 g/mol. The molecular formula is C14H16FNO. The summed E-state index contributed by atoms with van der Waals surface area (Å²) in [5.41, 5.74) is 3.14. The predicted molar refractivity (Wildman–Crippen MR) is 66.1 cm³/mol. The summed E-state index contributed by atoms with van der Waals surface area (Å²) in [5.74, 6) is -0.488. The third-order valence-corrected chi connectivity index (χ3v) is 2.56. The molecule has 1 rings (SSSR count). The number of benzene rings is 1. The van der Waals surface area contributed by atoms with E-state index in [1.807, 2.05) is 13.8 Å². The fourth-order valence-electron chi connectivity index (χ4n) is 1.45. The van der Waals surface area contributed by atoms with Crippen LogP contribution in [0.25, 0.3) is 0 Å². The van der Waals surface area contributed by atoms with E-state index in [4.69, 9.17) is 0 Å². The molecule has 0 fully saturated rings. The summed E-state index contributed by atoms with van der Waals surface area (Å²) in [6.45, 7) is 7.77. The van der Waals surface area contributed by atoms with Crippen LogP contribution >= 0.6 is 0 Å². The largest absolute Gasteiger partial charge is 0.351 e. The highest BCUT2D eigenvalue weighted by molar-refractivity contribution is 5.87. The number of hydrogen-bond acceptors (Lipinski definition) is 1. The molecule has 0 aliphatic heterocycles. The third-order valence-electron chi connectivity index (χ3n) is 2.56. The lowest BCUT2D eigenvalue weighted by Gasteiger charge is -2.25. The van der Waals surface area contributed by atoms with Gasteiger partial charge in [0.05, 0.1) is 0 Å². The first-order valence-corrected chi connectivity index (χ1v) is 5.35. The van der Waals surface area contributed by atoms with Crippen LogP contribution in [0.5, 0.6) is 0 Å². The van der Waals surface area contributed by atoms with E-state index >= 15 is 0 Å². The predicted octanol–water partition coefficient (Wildman–Crippen LogP) is 2.56. The van der Waals surface area contributed by atoms with Gasteiger partial charge in [0.2, 0.25) is 0 Å². The zero-order valence-corrected chi connectivity index (χ0v) is 10.1. The fraction of sp³-hybridized carbons (Fsp3) is 0.286. The van der Waals surface area contributed by atoms with Crippen molar-refractivity contribution in [1.82, 2.24) is 5.32 Å². The summed E-state index contributed by atoms with van der Waals surface area (Å²) in [5, 5.41) is 2.75. The Hall–Kier alpha value is -1.86. The van der Waals surface area contributed by atoms with E-state index in [1.54, 1.807) is 12.1 Å². The molecule has 1 aromatic rings. The van der Waals surface area contributed by atoms with Crippen molar-refractivity contribution in [2.45, 2.75) is 19.3 Å².